The topological polar surface area (TPSA) is 143 Å². The quantitative estimate of drug-likeness (QED) is 0.590. The summed E-state index contributed by atoms with van der Waals surface area (Å²) in [6, 6.07) is 11.5. The highest BCUT2D eigenvalue weighted by atomic mass is 19.1. The largest absolute Gasteiger partial charge is 0.364 e. The molecule has 4 N–H and O–H groups in total. The monoisotopic (exact) mass is 406 g/mol. The fraction of sp³-hybridized carbons (Fsp3) is 0.0500. The number of nitrogens with one attached hydrogen (secondary N) is 2. The molecule has 0 aliphatic heterocycles. The van der Waals surface area contributed by atoms with E-state index in [-0.39, 0.29) is 22.5 Å². The summed E-state index contributed by atoms with van der Waals surface area (Å²) >= 11 is 0. The molecule has 0 bridgehead atoms. The van der Waals surface area contributed by atoms with Gasteiger partial charge in [0.2, 0.25) is 0 Å². The fourth-order valence-corrected chi connectivity index (χ4v) is 2.74. The number of nitriles is 1. The number of hydrogen-bond donors (Lipinski definition) is 3. The van der Waals surface area contributed by atoms with Crippen molar-refractivity contribution < 1.29 is 18.8 Å². The number of halogens is 1. The molecule has 0 radical (unpaired) electrons. The van der Waals surface area contributed by atoms with E-state index in [0.29, 0.717) is 11.4 Å². The average Bonchev–Trinajstić information content (AvgIpc) is 3.19. The van der Waals surface area contributed by atoms with Crippen LogP contribution in [0.25, 0.3) is 5.69 Å². The number of aromatic nitrogens is 2. The molecule has 0 aliphatic rings. The third-order valence-electron chi connectivity index (χ3n) is 4.19. The van der Waals surface area contributed by atoms with Gasteiger partial charge in [-0.15, -0.1) is 0 Å². The average molecular weight is 406 g/mol. The van der Waals surface area contributed by atoms with Gasteiger partial charge in [0.15, 0.2) is 5.69 Å². The Morgan fingerprint density at radius 1 is 1.13 bits per heavy atom. The highest BCUT2D eigenvalue weighted by Crippen LogP contribution is 2.19. The SMILES string of the molecule is CNC(=O)c1ncn(-c2ccc(NC(=O)c3cc(C#N)ccc3F)cc2)c1C(N)=O. The molecule has 1 heterocycles. The smallest absolute Gasteiger partial charge is 0.272 e. The van der Waals surface area contributed by atoms with Crippen LogP contribution in [-0.4, -0.2) is 34.3 Å². The Balaban J connectivity index is 1.87. The number of anilines is 1. The summed E-state index contributed by atoms with van der Waals surface area (Å²) in [4.78, 5) is 40.0. The number of primary amides is 1. The van der Waals surface area contributed by atoms with Crippen LogP contribution in [0.2, 0.25) is 0 Å². The Morgan fingerprint density at radius 3 is 2.43 bits per heavy atom. The van der Waals surface area contributed by atoms with Gasteiger partial charge in [0.25, 0.3) is 17.7 Å². The maximum absolute atomic E-state index is 13.9. The molecule has 3 rings (SSSR count). The maximum atomic E-state index is 13.9. The molecule has 0 saturated heterocycles. The Labute approximate surface area is 169 Å². The molecule has 0 unspecified atom stereocenters. The minimum atomic E-state index is -0.837. The second kappa shape index (κ2) is 8.24. The summed E-state index contributed by atoms with van der Waals surface area (Å²) in [6.45, 7) is 0. The highest BCUT2D eigenvalue weighted by molar-refractivity contribution is 6.05. The zero-order valence-corrected chi connectivity index (χ0v) is 15.6. The van der Waals surface area contributed by atoms with Crippen LogP contribution in [0.1, 0.15) is 36.9 Å². The molecule has 150 valence electrons. The summed E-state index contributed by atoms with van der Waals surface area (Å²) in [5, 5.41) is 13.8. The number of hydrogen-bond acceptors (Lipinski definition) is 5. The van der Waals surface area contributed by atoms with Crippen molar-refractivity contribution in [1.29, 1.82) is 5.26 Å². The minimum absolute atomic E-state index is 0.0958. The van der Waals surface area contributed by atoms with Crippen LogP contribution in [0, 0.1) is 17.1 Å². The number of amides is 3. The van der Waals surface area contributed by atoms with Gasteiger partial charge in [0, 0.05) is 18.4 Å². The molecule has 10 heteroatoms. The maximum Gasteiger partial charge on any atom is 0.272 e. The Hall–Kier alpha value is -4.52. The molecule has 9 nitrogen and oxygen atoms in total. The number of carbonyl (C=O) groups excluding carboxylic acids is 3. The first-order valence-corrected chi connectivity index (χ1v) is 8.56. The normalized spacial score (nSPS) is 10.2. The van der Waals surface area contributed by atoms with Gasteiger partial charge in [0.05, 0.1) is 17.2 Å². The van der Waals surface area contributed by atoms with E-state index < -0.39 is 23.5 Å². The fourth-order valence-electron chi connectivity index (χ4n) is 2.74. The van der Waals surface area contributed by atoms with Gasteiger partial charge in [-0.3, -0.25) is 19.0 Å². The van der Waals surface area contributed by atoms with Crippen molar-refractivity contribution >= 4 is 23.4 Å². The predicted octanol–water partition coefficient (Wildman–Crippen LogP) is 1.59. The van der Waals surface area contributed by atoms with Crippen LogP contribution >= 0.6 is 0 Å². The van der Waals surface area contributed by atoms with Crippen molar-refractivity contribution in [1.82, 2.24) is 14.9 Å². The summed E-state index contributed by atoms with van der Waals surface area (Å²) in [6.07, 6.45) is 1.28. The number of benzene rings is 2. The van der Waals surface area contributed by atoms with Gasteiger partial charge in [-0.05, 0) is 42.5 Å². The number of carbonyl (C=O) groups is 3. The van der Waals surface area contributed by atoms with E-state index in [1.54, 1.807) is 12.1 Å². The third kappa shape index (κ3) is 3.85. The lowest BCUT2D eigenvalue weighted by atomic mass is 10.1. The third-order valence-corrected chi connectivity index (χ3v) is 4.19. The van der Waals surface area contributed by atoms with Crippen LogP contribution in [0.5, 0.6) is 0 Å². The number of nitrogens with two attached hydrogens (primary N) is 1. The molecule has 0 fully saturated rings. The summed E-state index contributed by atoms with van der Waals surface area (Å²) in [5.74, 6) is -2.88. The molecule has 0 aliphatic carbocycles. The van der Waals surface area contributed by atoms with Crippen molar-refractivity contribution in [2.24, 2.45) is 5.73 Å². The number of rotatable bonds is 5. The zero-order valence-electron chi connectivity index (χ0n) is 15.6. The molecule has 3 aromatic rings. The van der Waals surface area contributed by atoms with Gasteiger partial charge in [-0.2, -0.15) is 5.26 Å². The van der Waals surface area contributed by atoms with Gasteiger partial charge in [0.1, 0.15) is 17.8 Å². The van der Waals surface area contributed by atoms with Crippen LogP contribution in [0.4, 0.5) is 10.1 Å². The first-order chi connectivity index (χ1) is 14.3. The van der Waals surface area contributed by atoms with Gasteiger partial charge < -0.3 is 16.4 Å². The van der Waals surface area contributed by atoms with E-state index in [9.17, 15) is 18.8 Å². The van der Waals surface area contributed by atoms with E-state index in [2.05, 4.69) is 15.6 Å². The molecule has 2 aromatic carbocycles. The van der Waals surface area contributed by atoms with Crippen LogP contribution in [0.15, 0.2) is 48.8 Å². The molecule has 0 spiro atoms. The molecule has 3 amide bonds. The van der Waals surface area contributed by atoms with Crippen molar-refractivity contribution in [2.75, 3.05) is 12.4 Å². The first kappa shape index (κ1) is 20.2. The minimum Gasteiger partial charge on any atom is -0.364 e. The van der Waals surface area contributed by atoms with E-state index >= 15 is 0 Å². The second-order valence-corrected chi connectivity index (χ2v) is 6.06. The first-order valence-electron chi connectivity index (χ1n) is 8.56. The summed E-state index contributed by atoms with van der Waals surface area (Å²) < 4.78 is 15.2. The summed E-state index contributed by atoms with van der Waals surface area (Å²) in [5.41, 5.74) is 5.88. The molecular formula is C20H15FN6O3. The van der Waals surface area contributed by atoms with E-state index in [1.165, 1.54) is 36.1 Å². The van der Waals surface area contributed by atoms with Crippen molar-refractivity contribution in [3.05, 3.63) is 77.1 Å². The zero-order chi connectivity index (χ0) is 21.8. The van der Waals surface area contributed by atoms with Crippen LogP contribution in [-0.2, 0) is 0 Å². The molecule has 0 atom stereocenters. The summed E-state index contributed by atoms with van der Waals surface area (Å²) in [7, 11) is 1.40. The van der Waals surface area contributed by atoms with E-state index in [0.717, 1.165) is 12.1 Å². The molecule has 30 heavy (non-hydrogen) atoms. The lowest BCUT2D eigenvalue weighted by Crippen LogP contribution is -2.25. The second-order valence-electron chi connectivity index (χ2n) is 6.06. The van der Waals surface area contributed by atoms with Crippen molar-refractivity contribution in [3.63, 3.8) is 0 Å². The predicted molar refractivity (Wildman–Crippen MR) is 105 cm³/mol. The Morgan fingerprint density at radius 2 is 1.83 bits per heavy atom. The highest BCUT2D eigenvalue weighted by Gasteiger charge is 2.22. The van der Waals surface area contributed by atoms with E-state index in [4.69, 9.17) is 11.0 Å². The number of nitrogens with zero attached hydrogens (tertiary/aromatic N) is 3. The molecule has 1 aromatic heterocycles. The van der Waals surface area contributed by atoms with Crippen molar-refractivity contribution in [3.8, 4) is 11.8 Å². The standard InChI is InChI=1S/C20H15FN6O3/c1-24-20(30)16-17(18(23)28)27(10-25-16)13-5-3-12(4-6-13)26-19(29)14-8-11(9-22)2-7-15(14)21/h2-8,10H,1H3,(H2,23,28)(H,24,30)(H,26,29). The van der Waals surface area contributed by atoms with E-state index in [1.807, 2.05) is 6.07 Å². The number of imidazole rings is 1. The lowest BCUT2D eigenvalue weighted by Gasteiger charge is -2.10. The van der Waals surface area contributed by atoms with Crippen LogP contribution in [0.3, 0.4) is 0 Å². The van der Waals surface area contributed by atoms with Gasteiger partial charge in [-0.25, -0.2) is 9.37 Å². The van der Waals surface area contributed by atoms with Crippen LogP contribution < -0.4 is 16.4 Å². The van der Waals surface area contributed by atoms with Gasteiger partial charge >= 0.3 is 0 Å². The molecular weight excluding hydrogens is 391 g/mol. The van der Waals surface area contributed by atoms with Crippen molar-refractivity contribution in [2.45, 2.75) is 0 Å². The Kier molecular flexibility index (Phi) is 5.55. The van der Waals surface area contributed by atoms with Gasteiger partial charge in [-0.1, -0.05) is 0 Å². The molecule has 0 saturated carbocycles. The lowest BCUT2D eigenvalue weighted by molar-refractivity contribution is 0.0937. The Bertz CT molecular complexity index is 1190.